The highest BCUT2D eigenvalue weighted by atomic mass is 127. The predicted molar refractivity (Wildman–Crippen MR) is 86.5 cm³/mol. The fourth-order valence-corrected chi connectivity index (χ4v) is 2.11. The summed E-state index contributed by atoms with van der Waals surface area (Å²) in [6.07, 6.45) is 0.292. The Balaban J connectivity index is 2.35. The number of para-hydroxylation sites is 1. The van der Waals surface area contributed by atoms with E-state index in [0.717, 1.165) is 9.26 Å². The zero-order valence-electron chi connectivity index (χ0n) is 11.7. The third-order valence-electron chi connectivity index (χ3n) is 2.56. The van der Waals surface area contributed by atoms with E-state index in [1.54, 1.807) is 18.9 Å². The van der Waals surface area contributed by atoms with Crippen molar-refractivity contribution >= 4 is 40.2 Å². The van der Waals surface area contributed by atoms with E-state index in [9.17, 15) is 9.59 Å². The summed E-state index contributed by atoms with van der Waals surface area (Å²) in [4.78, 5) is 24.9. The summed E-state index contributed by atoms with van der Waals surface area (Å²) < 4.78 is 5.83. The van der Waals surface area contributed by atoms with Gasteiger partial charge in [0.2, 0.25) is 5.91 Å². The van der Waals surface area contributed by atoms with Crippen molar-refractivity contribution in [2.75, 3.05) is 32.1 Å². The first kappa shape index (κ1) is 16.9. The molecule has 110 valence electrons. The summed E-state index contributed by atoms with van der Waals surface area (Å²) in [5.74, 6) is -0.335. The van der Waals surface area contributed by atoms with Gasteiger partial charge in [0.05, 0.1) is 25.3 Å². The Bertz CT molecular complexity index is 465. The number of hydrogen-bond donors (Lipinski definition) is 1. The molecule has 0 aromatic heterocycles. The summed E-state index contributed by atoms with van der Waals surface area (Å²) in [7, 11) is 1.80. The van der Waals surface area contributed by atoms with Crippen LogP contribution in [0.4, 0.5) is 5.69 Å². The van der Waals surface area contributed by atoms with Gasteiger partial charge in [0.15, 0.2) is 0 Å². The van der Waals surface area contributed by atoms with Crippen LogP contribution in [-0.2, 0) is 14.3 Å². The maximum atomic E-state index is 11.9. The molecule has 1 N–H and O–H groups in total. The zero-order chi connectivity index (χ0) is 15.0. The number of nitrogens with one attached hydrogen (secondary N) is 1. The van der Waals surface area contributed by atoms with E-state index in [1.807, 2.05) is 24.3 Å². The van der Waals surface area contributed by atoms with Gasteiger partial charge in [0, 0.05) is 10.1 Å². The smallest absolute Gasteiger partial charge is 0.307 e. The lowest BCUT2D eigenvalue weighted by molar-refractivity contribution is -0.143. The number of rotatable bonds is 7. The molecule has 1 aromatic carbocycles. The number of carbonyl (C=O) groups excluding carboxylic acids is 2. The number of hydrogen-bond acceptors (Lipinski definition) is 4. The molecule has 0 aliphatic carbocycles. The highest BCUT2D eigenvalue weighted by Gasteiger charge is 2.10. The Morgan fingerprint density at radius 3 is 2.70 bits per heavy atom. The van der Waals surface area contributed by atoms with Crippen LogP contribution >= 0.6 is 22.6 Å². The van der Waals surface area contributed by atoms with Crippen molar-refractivity contribution < 1.29 is 14.3 Å². The quantitative estimate of drug-likeness (QED) is 0.573. The molecule has 0 radical (unpaired) electrons. The number of benzene rings is 1. The lowest BCUT2D eigenvalue weighted by Gasteiger charge is -2.16. The molecule has 0 saturated carbocycles. The van der Waals surface area contributed by atoms with Crippen molar-refractivity contribution in [3.8, 4) is 0 Å². The van der Waals surface area contributed by atoms with Gasteiger partial charge in [-0.2, -0.15) is 0 Å². The van der Waals surface area contributed by atoms with Gasteiger partial charge >= 0.3 is 5.97 Å². The van der Waals surface area contributed by atoms with Crippen molar-refractivity contribution in [1.82, 2.24) is 4.90 Å². The predicted octanol–water partition coefficient (Wildman–Crippen LogP) is 2.11. The topological polar surface area (TPSA) is 58.6 Å². The number of ether oxygens (including phenoxy) is 1. The van der Waals surface area contributed by atoms with Crippen LogP contribution < -0.4 is 5.32 Å². The highest BCUT2D eigenvalue weighted by molar-refractivity contribution is 14.1. The average molecular weight is 390 g/mol. The van der Waals surface area contributed by atoms with Gasteiger partial charge in [-0.1, -0.05) is 12.1 Å². The maximum Gasteiger partial charge on any atom is 0.307 e. The Hall–Kier alpha value is -1.15. The van der Waals surface area contributed by atoms with Crippen molar-refractivity contribution in [2.45, 2.75) is 13.3 Å². The van der Waals surface area contributed by atoms with Crippen molar-refractivity contribution in [2.24, 2.45) is 0 Å². The molecule has 1 amide bonds. The van der Waals surface area contributed by atoms with Crippen LogP contribution in [0.25, 0.3) is 0 Å². The van der Waals surface area contributed by atoms with Gasteiger partial charge in [0.1, 0.15) is 0 Å². The second-order valence-corrected chi connectivity index (χ2v) is 5.48. The number of anilines is 1. The fraction of sp³-hybridized carbons (Fsp3) is 0.429. The molecule has 0 spiro atoms. The molecule has 0 saturated heterocycles. The lowest BCUT2D eigenvalue weighted by Crippen LogP contribution is -2.32. The van der Waals surface area contributed by atoms with E-state index in [4.69, 9.17) is 4.74 Å². The van der Waals surface area contributed by atoms with E-state index >= 15 is 0 Å². The van der Waals surface area contributed by atoms with E-state index in [0.29, 0.717) is 19.6 Å². The van der Waals surface area contributed by atoms with Crippen LogP contribution in [0.2, 0.25) is 0 Å². The minimum absolute atomic E-state index is 0.0968. The standard InChI is InChI=1S/C14H19IN2O3/c1-3-20-14(19)8-9-17(2)10-13(18)16-12-7-5-4-6-11(12)15/h4-7H,3,8-10H2,1-2H3,(H,16,18). The Morgan fingerprint density at radius 2 is 2.05 bits per heavy atom. The zero-order valence-corrected chi connectivity index (χ0v) is 13.8. The summed E-state index contributed by atoms with van der Waals surface area (Å²) in [6.45, 7) is 2.90. The van der Waals surface area contributed by atoms with Crippen LogP contribution in [-0.4, -0.2) is 43.5 Å². The monoisotopic (exact) mass is 390 g/mol. The Morgan fingerprint density at radius 1 is 1.35 bits per heavy atom. The molecule has 1 aromatic rings. The average Bonchev–Trinajstić information content (AvgIpc) is 2.39. The van der Waals surface area contributed by atoms with Gasteiger partial charge in [-0.25, -0.2) is 0 Å². The van der Waals surface area contributed by atoms with Crippen LogP contribution in [0.15, 0.2) is 24.3 Å². The molecule has 6 heteroatoms. The Labute approximate surface area is 132 Å². The number of nitrogens with zero attached hydrogens (tertiary/aromatic N) is 1. The number of halogens is 1. The molecule has 0 aliphatic heterocycles. The summed E-state index contributed by atoms with van der Waals surface area (Å²) >= 11 is 2.17. The van der Waals surface area contributed by atoms with Crippen LogP contribution in [0.3, 0.4) is 0 Å². The Kier molecular flexibility index (Phi) is 7.53. The number of likely N-dealkylation sites (N-methyl/N-ethyl adjacent to an activating group) is 1. The van der Waals surface area contributed by atoms with Crippen LogP contribution in [0.5, 0.6) is 0 Å². The number of carbonyl (C=O) groups is 2. The van der Waals surface area contributed by atoms with E-state index in [2.05, 4.69) is 27.9 Å². The SMILES string of the molecule is CCOC(=O)CCN(C)CC(=O)Nc1ccccc1I. The van der Waals surface area contributed by atoms with Crippen molar-refractivity contribution in [3.63, 3.8) is 0 Å². The van der Waals surface area contributed by atoms with Gasteiger partial charge in [-0.15, -0.1) is 0 Å². The fourth-order valence-electron chi connectivity index (χ4n) is 1.59. The highest BCUT2D eigenvalue weighted by Crippen LogP contribution is 2.16. The molecule has 1 rings (SSSR count). The van der Waals surface area contributed by atoms with E-state index < -0.39 is 0 Å². The molecule has 0 unspecified atom stereocenters. The second kappa shape index (κ2) is 8.91. The van der Waals surface area contributed by atoms with Crippen LogP contribution in [0.1, 0.15) is 13.3 Å². The first-order valence-corrected chi connectivity index (χ1v) is 7.49. The molecule has 0 heterocycles. The summed E-state index contributed by atoms with van der Waals surface area (Å²) in [5.41, 5.74) is 0.803. The first-order valence-electron chi connectivity index (χ1n) is 6.41. The van der Waals surface area contributed by atoms with Crippen LogP contribution in [0, 0.1) is 3.57 Å². The van der Waals surface area contributed by atoms with Gasteiger partial charge in [-0.05, 0) is 48.7 Å². The van der Waals surface area contributed by atoms with Gasteiger partial charge in [0.25, 0.3) is 0 Å². The summed E-state index contributed by atoms with van der Waals surface area (Å²) in [6, 6.07) is 7.59. The molecule has 20 heavy (non-hydrogen) atoms. The van der Waals surface area contributed by atoms with Crippen molar-refractivity contribution in [1.29, 1.82) is 0 Å². The minimum atomic E-state index is -0.239. The number of esters is 1. The van der Waals surface area contributed by atoms with Gasteiger partial charge in [-0.3, -0.25) is 14.5 Å². The molecular weight excluding hydrogens is 371 g/mol. The third-order valence-corrected chi connectivity index (χ3v) is 3.51. The molecule has 0 bridgehead atoms. The third kappa shape index (κ3) is 6.33. The van der Waals surface area contributed by atoms with E-state index in [1.165, 1.54) is 0 Å². The molecule has 0 atom stereocenters. The lowest BCUT2D eigenvalue weighted by atomic mass is 10.3. The first-order chi connectivity index (χ1) is 9.52. The molecule has 0 fully saturated rings. The maximum absolute atomic E-state index is 11.9. The molecule has 5 nitrogen and oxygen atoms in total. The molecule has 0 aliphatic rings. The number of amides is 1. The molecular formula is C14H19IN2O3. The van der Waals surface area contributed by atoms with E-state index in [-0.39, 0.29) is 18.4 Å². The largest absolute Gasteiger partial charge is 0.466 e. The van der Waals surface area contributed by atoms with Gasteiger partial charge < -0.3 is 10.1 Å². The minimum Gasteiger partial charge on any atom is -0.466 e. The second-order valence-electron chi connectivity index (χ2n) is 4.32. The van der Waals surface area contributed by atoms with Crippen molar-refractivity contribution in [3.05, 3.63) is 27.8 Å². The normalized spacial score (nSPS) is 10.4. The summed E-state index contributed by atoms with van der Waals surface area (Å²) in [5, 5.41) is 2.85.